The number of piperidine rings is 2. The van der Waals surface area contributed by atoms with Crippen molar-refractivity contribution in [1.29, 1.82) is 0 Å². The molecule has 8 heterocycles. The molecule has 23 heteroatoms. The lowest BCUT2D eigenvalue weighted by atomic mass is 10.1. The number of anilines is 4. The Bertz CT molecular complexity index is 3380. The number of aryl methyl sites for hydroxylation is 1. The SMILES string of the molecule is CC(C)(C)OC(=O)N1CCC[C@@H](n2nc(-c3ccc(C(=O)Nc4ccccn4)cc3)c3c(N)ncnc32)C1.CC(C)(C)OC(=O)N1CCC[C@@H](n2nc(I)c3c(N)ncnc32)C1.Cc1ccc(C(=O)Nc2ccccn2)cc1. The summed E-state index contributed by atoms with van der Waals surface area (Å²) < 4.78 is 15.5. The lowest BCUT2D eigenvalue weighted by Crippen LogP contribution is -2.43. The van der Waals surface area contributed by atoms with Gasteiger partial charge in [-0.15, -0.1) is 0 Å². The van der Waals surface area contributed by atoms with Crippen LogP contribution in [0.3, 0.4) is 0 Å². The Morgan fingerprint density at radius 2 is 1.04 bits per heavy atom. The quantitative estimate of drug-likeness (QED) is 0.108. The van der Waals surface area contributed by atoms with E-state index >= 15 is 0 Å². The van der Waals surface area contributed by atoms with Gasteiger partial charge in [0.1, 0.15) is 56.5 Å². The first-order chi connectivity index (χ1) is 37.2. The van der Waals surface area contributed by atoms with Crippen molar-refractivity contribution >= 4 is 91.9 Å². The number of nitrogens with two attached hydrogens (primary N) is 2. The predicted molar refractivity (Wildman–Crippen MR) is 305 cm³/mol. The molecule has 406 valence electrons. The van der Waals surface area contributed by atoms with Crippen LogP contribution in [0.5, 0.6) is 0 Å². The Labute approximate surface area is 464 Å². The summed E-state index contributed by atoms with van der Waals surface area (Å²) in [6, 6.07) is 25.2. The highest BCUT2D eigenvalue weighted by Crippen LogP contribution is 2.35. The van der Waals surface area contributed by atoms with Crippen molar-refractivity contribution in [2.24, 2.45) is 0 Å². The summed E-state index contributed by atoms with van der Waals surface area (Å²) in [4.78, 5) is 78.2. The molecule has 2 fully saturated rings. The van der Waals surface area contributed by atoms with Crippen molar-refractivity contribution in [3.05, 3.63) is 130 Å². The molecule has 0 aliphatic carbocycles. The average molecular weight is 1170 g/mol. The number of nitrogens with zero attached hydrogens (tertiary/aromatic N) is 12. The van der Waals surface area contributed by atoms with Gasteiger partial charge in [0.15, 0.2) is 11.3 Å². The number of pyridine rings is 2. The predicted octanol–water partition coefficient (Wildman–Crippen LogP) is 9.52. The molecule has 2 aromatic carbocycles. The van der Waals surface area contributed by atoms with Crippen LogP contribution < -0.4 is 22.1 Å². The molecule has 0 radical (unpaired) electrons. The van der Waals surface area contributed by atoms with Gasteiger partial charge in [0.2, 0.25) is 0 Å². The van der Waals surface area contributed by atoms with Crippen molar-refractivity contribution < 1.29 is 28.7 Å². The molecule has 0 bridgehead atoms. The molecule has 0 saturated carbocycles. The van der Waals surface area contributed by atoms with Crippen LogP contribution in [-0.4, -0.2) is 121 Å². The first kappa shape index (κ1) is 55.9. The highest BCUT2D eigenvalue weighted by molar-refractivity contribution is 14.1. The van der Waals surface area contributed by atoms with Crippen LogP contribution in [0.25, 0.3) is 33.3 Å². The zero-order valence-corrected chi connectivity index (χ0v) is 46.7. The standard InChI is InChI=1S/C27H30N8O3.C15H21IN6O2.C13H12N2O/c1-27(2,3)38-26(37)34-14-6-7-19(15-34)35-24-21(23(28)30-16-31-24)22(33-35)17-9-11-18(12-10-17)25(36)32-20-8-4-5-13-29-20;1-15(2,3)24-14(23)21-6-4-5-9(7-21)22-13-10(11(16)20-22)12(17)18-8-19-13;1-10-5-7-11(8-6-10)13(16)15-12-4-2-3-9-14-12/h4-5,8-13,16,19H,6-7,14-15H2,1-3H3,(H2,28,30,31)(H,29,32,36);8-9H,4-7H2,1-3H3,(H2,17,18,19);2-9H,1H3,(H,14,15,16)/t19-;9-;/m11./s1. The molecule has 2 saturated heterocycles. The number of nitrogen functional groups attached to an aromatic ring is 2. The number of aromatic nitrogens is 10. The minimum absolute atomic E-state index is 0.0478. The summed E-state index contributed by atoms with van der Waals surface area (Å²) in [6.45, 7) is 15.5. The number of likely N-dealkylation sites (tertiary alicyclic amines) is 2. The number of fused-ring (bicyclic) bond motifs is 2. The van der Waals surface area contributed by atoms with E-state index in [4.69, 9.17) is 26.0 Å². The van der Waals surface area contributed by atoms with Crippen LogP contribution in [0.2, 0.25) is 0 Å². The van der Waals surface area contributed by atoms with Crippen molar-refractivity contribution in [2.45, 2.75) is 97.4 Å². The molecular formula is C55H63IN16O6. The van der Waals surface area contributed by atoms with Crippen LogP contribution >= 0.6 is 22.6 Å². The number of halogens is 1. The smallest absolute Gasteiger partial charge is 0.410 e. The monoisotopic (exact) mass is 1170 g/mol. The van der Waals surface area contributed by atoms with Gasteiger partial charge in [0, 0.05) is 55.3 Å². The van der Waals surface area contributed by atoms with Crippen LogP contribution in [0.1, 0.15) is 106 Å². The molecule has 4 amide bonds. The molecule has 78 heavy (non-hydrogen) atoms. The lowest BCUT2D eigenvalue weighted by molar-refractivity contribution is 0.0159. The zero-order valence-electron chi connectivity index (χ0n) is 44.6. The van der Waals surface area contributed by atoms with Crippen molar-refractivity contribution in [3.8, 4) is 11.3 Å². The topological polar surface area (TPSA) is 282 Å². The largest absolute Gasteiger partial charge is 0.444 e. The Morgan fingerprint density at radius 1 is 0.590 bits per heavy atom. The summed E-state index contributed by atoms with van der Waals surface area (Å²) in [5.74, 6) is 1.37. The molecule has 6 N–H and O–H groups in total. The number of hydrogen-bond donors (Lipinski definition) is 4. The van der Waals surface area contributed by atoms with Gasteiger partial charge in [-0.3, -0.25) is 9.59 Å². The fraction of sp³-hybridized carbons (Fsp3) is 0.345. The second-order valence-electron chi connectivity index (χ2n) is 20.7. The maximum absolute atomic E-state index is 12.7. The Hall–Kier alpha value is -8.35. The van der Waals surface area contributed by atoms with E-state index < -0.39 is 11.2 Å². The highest BCUT2D eigenvalue weighted by Gasteiger charge is 2.33. The molecule has 2 aliphatic rings. The third-order valence-electron chi connectivity index (χ3n) is 12.3. The van der Waals surface area contributed by atoms with Gasteiger partial charge in [-0.25, -0.2) is 48.9 Å². The summed E-state index contributed by atoms with van der Waals surface area (Å²) >= 11 is 2.14. The molecule has 0 spiro atoms. The number of amides is 4. The van der Waals surface area contributed by atoms with E-state index in [0.717, 1.165) is 45.9 Å². The number of carbonyl (C=O) groups is 4. The minimum Gasteiger partial charge on any atom is -0.444 e. The molecule has 2 aliphatic heterocycles. The number of nitrogens with one attached hydrogen (secondary N) is 2. The third-order valence-corrected chi connectivity index (χ3v) is 13.1. The summed E-state index contributed by atoms with van der Waals surface area (Å²) in [7, 11) is 0. The lowest BCUT2D eigenvalue weighted by Gasteiger charge is -2.34. The van der Waals surface area contributed by atoms with Crippen LogP contribution in [0.4, 0.5) is 32.9 Å². The number of rotatable bonds is 7. The van der Waals surface area contributed by atoms with Gasteiger partial charge in [-0.05, 0) is 145 Å². The number of benzene rings is 2. The summed E-state index contributed by atoms with van der Waals surface area (Å²) in [5.41, 5.74) is 16.1. The van der Waals surface area contributed by atoms with Gasteiger partial charge >= 0.3 is 12.2 Å². The molecule has 8 aromatic rings. The van der Waals surface area contributed by atoms with Crippen molar-refractivity contribution in [1.82, 2.24) is 59.3 Å². The highest BCUT2D eigenvalue weighted by atomic mass is 127. The van der Waals surface area contributed by atoms with Gasteiger partial charge in [0.25, 0.3) is 11.8 Å². The van der Waals surface area contributed by atoms with Gasteiger partial charge in [0.05, 0.1) is 22.9 Å². The second-order valence-corrected chi connectivity index (χ2v) is 21.7. The fourth-order valence-corrected chi connectivity index (χ4v) is 9.44. The van der Waals surface area contributed by atoms with E-state index in [2.05, 4.69) is 68.2 Å². The number of carbonyl (C=O) groups excluding carboxylic acids is 4. The van der Waals surface area contributed by atoms with Crippen molar-refractivity contribution in [3.63, 3.8) is 0 Å². The number of ether oxygens (including phenoxy) is 2. The van der Waals surface area contributed by atoms with Crippen LogP contribution in [0, 0.1) is 10.6 Å². The molecule has 2 atom stereocenters. The van der Waals surface area contributed by atoms with E-state index in [9.17, 15) is 19.2 Å². The zero-order chi connectivity index (χ0) is 55.7. The van der Waals surface area contributed by atoms with E-state index in [1.165, 1.54) is 12.7 Å². The van der Waals surface area contributed by atoms with Gasteiger partial charge in [-0.2, -0.15) is 10.2 Å². The Kier molecular flexibility index (Phi) is 17.4. The minimum atomic E-state index is -0.571. The average Bonchev–Trinajstić information content (AvgIpc) is 4.05. The maximum atomic E-state index is 12.7. The molecule has 6 aromatic heterocycles. The molecule has 10 rings (SSSR count). The summed E-state index contributed by atoms with van der Waals surface area (Å²) in [6.07, 6.45) is 8.95. The van der Waals surface area contributed by atoms with E-state index in [1.807, 2.05) is 94.2 Å². The van der Waals surface area contributed by atoms with Crippen molar-refractivity contribution in [2.75, 3.05) is 48.3 Å². The van der Waals surface area contributed by atoms with Crippen LogP contribution in [-0.2, 0) is 9.47 Å². The Balaban J connectivity index is 0.000000171. The molecular weight excluding hydrogens is 1110 g/mol. The second kappa shape index (κ2) is 24.3. The van der Waals surface area contributed by atoms with Gasteiger partial charge in [-0.1, -0.05) is 42.0 Å². The first-order valence-electron chi connectivity index (χ1n) is 25.4. The van der Waals surface area contributed by atoms with Gasteiger partial charge < -0.3 is 41.4 Å². The molecule has 22 nitrogen and oxygen atoms in total. The maximum Gasteiger partial charge on any atom is 0.410 e. The third kappa shape index (κ3) is 14.2. The van der Waals surface area contributed by atoms with E-state index in [-0.39, 0.29) is 36.1 Å². The summed E-state index contributed by atoms with van der Waals surface area (Å²) in [5, 5.41) is 16.4. The van der Waals surface area contributed by atoms with E-state index in [0.29, 0.717) is 83.0 Å². The van der Waals surface area contributed by atoms with Crippen LogP contribution in [0.15, 0.2) is 110 Å². The Morgan fingerprint density at radius 3 is 1.50 bits per heavy atom. The first-order valence-corrected chi connectivity index (χ1v) is 26.5. The normalized spacial score (nSPS) is 15.5. The number of hydrogen-bond acceptors (Lipinski definition) is 16. The van der Waals surface area contributed by atoms with E-state index in [1.54, 1.807) is 70.7 Å². The molecule has 0 unspecified atom stereocenters. The fourth-order valence-electron chi connectivity index (χ4n) is 8.69.